The topological polar surface area (TPSA) is 86.6 Å². The number of carboxylic acid groups (broad SMARTS) is 1. The Morgan fingerprint density at radius 1 is 0.963 bits per heavy atom. The van der Waals surface area contributed by atoms with Crippen LogP contribution in [0.1, 0.15) is 37.7 Å². The number of allylic oxidation sites excluding steroid dienone is 1. The van der Waals surface area contributed by atoms with Gasteiger partial charge in [0.2, 0.25) is 5.91 Å². The number of aliphatic carboxylic acids is 1. The van der Waals surface area contributed by atoms with Gasteiger partial charge in [-0.25, -0.2) is 4.79 Å². The normalized spacial score (nSPS) is 14.1. The molecule has 27 heavy (non-hydrogen) atoms. The van der Waals surface area contributed by atoms with Gasteiger partial charge in [0.05, 0.1) is 5.57 Å². The lowest BCUT2D eigenvalue weighted by atomic mass is 9.96. The Balaban J connectivity index is 1.59. The molecule has 1 amide bonds. The first-order valence-corrected chi connectivity index (χ1v) is 9.17. The maximum Gasteiger partial charge on any atom is 0.333 e. The number of para-hydroxylation sites is 1. The second-order valence-electron chi connectivity index (χ2n) is 6.73. The van der Waals surface area contributed by atoms with Gasteiger partial charge in [0.1, 0.15) is 5.75 Å². The highest BCUT2D eigenvalue weighted by Crippen LogP contribution is 2.28. The summed E-state index contributed by atoms with van der Waals surface area (Å²) < 4.78 is 0. The Labute approximate surface area is 158 Å². The molecule has 3 rings (SSSR count). The van der Waals surface area contributed by atoms with Gasteiger partial charge < -0.3 is 15.5 Å². The predicted octanol–water partition coefficient (Wildman–Crippen LogP) is 4.02. The summed E-state index contributed by atoms with van der Waals surface area (Å²) in [6.45, 7) is 0. The molecule has 0 aliphatic heterocycles. The highest BCUT2D eigenvalue weighted by atomic mass is 16.4. The third-order valence-corrected chi connectivity index (χ3v) is 4.83. The van der Waals surface area contributed by atoms with Crippen molar-refractivity contribution in [3.63, 3.8) is 0 Å². The van der Waals surface area contributed by atoms with E-state index < -0.39 is 5.97 Å². The summed E-state index contributed by atoms with van der Waals surface area (Å²) in [6, 6.07) is 14.9. The van der Waals surface area contributed by atoms with E-state index in [4.69, 9.17) is 0 Å². The molecule has 0 fully saturated rings. The lowest BCUT2D eigenvalue weighted by Crippen LogP contribution is -2.27. The van der Waals surface area contributed by atoms with E-state index in [9.17, 15) is 19.8 Å². The largest absolute Gasteiger partial charge is 0.507 e. The van der Waals surface area contributed by atoms with E-state index in [1.54, 1.807) is 12.1 Å². The average molecular weight is 365 g/mol. The van der Waals surface area contributed by atoms with Crippen molar-refractivity contribution in [1.29, 1.82) is 0 Å². The lowest BCUT2D eigenvalue weighted by Gasteiger charge is -2.18. The van der Waals surface area contributed by atoms with Crippen molar-refractivity contribution >= 4 is 11.9 Å². The number of benzene rings is 2. The first-order chi connectivity index (χ1) is 13.0. The van der Waals surface area contributed by atoms with Crippen molar-refractivity contribution in [2.24, 2.45) is 0 Å². The van der Waals surface area contributed by atoms with Gasteiger partial charge in [-0.2, -0.15) is 0 Å². The predicted molar refractivity (Wildman–Crippen MR) is 103 cm³/mol. The van der Waals surface area contributed by atoms with E-state index in [2.05, 4.69) is 5.32 Å². The highest BCUT2D eigenvalue weighted by Gasteiger charge is 2.19. The van der Waals surface area contributed by atoms with Crippen molar-refractivity contribution in [3.8, 4) is 16.9 Å². The SMILES string of the molecule is O=C(CCc1ccc(-c2ccccc2O)cc1)NC1=C(C(=O)O)CCCC1. The third kappa shape index (κ3) is 4.76. The number of carbonyl (C=O) groups is 2. The molecule has 1 aliphatic rings. The number of aromatic hydroxyl groups is 1. The zero-order valence-corrected chi connectivity index (χ0v) is 15.1. The molecule has 0 atom stereocenters. The number of amides is 1. The fourth-order valence-corrected chi connectivity index (χ4v) is 3.34. The van der Waals surface area contributed by atoms with E-state index in [1.165, 1.54) is 0 Å². The molecule has 5 nitrogen and oxygen atoms in total. The van der Waals surface area contributed by atoms with E-state index >= 15 is 0 Å². The number of aryl methyl sites for hydroxylation is 1. The van der Waals surface area contributed by atoms with Crippen molar-refractivity contribution in [3.05, 3.63) is 65.4 Å². The molecule has 1 aliphatic carbocycles. The number of hydrogen-bond donors (Lipinski definition) is 3. The monoisotopic (exact) mass is 365 g/mol. The van der Waals surface area contributed by atoms with Gasteiger partial charge >= 0.3 is 5.97 Å². The molecule has 0 unspecified atom stereocenters. The van der Waals surface area contributed by atoms with Crippen molar-refractivity contribution in [2.45, 2.75) is 38.5 Å². The molecule has 0 spiro atoms. The summed E-state index contributed by atoms with van der Waals surface area (Å²) in [4.78, 5) is 23.5. The second-order valence-corrected chi connectivity index (χ2v) is 6.73. The minimum absolute atomic E-state index is 0.157. The van der Waals surface area contributed by atoms with E-state index in [-0.39, 0.29) is 11.7 Å². The number of carboxylic acids is 1. The molecule has 5 heteroatoms. The fraction of sp³-hybridized carbons (Fsp3) is 0.273. The van der Waals surface area contributed by atoms with Gasteiger partial charge in [-0.05, 0) is 49.3 Å². The first kappa shape index (κ1) is 18.7. The van der Waals surface area contributed by atoms with Crippen LogP contribution >= 0.6 is 0 Å². The lowest BCUT2D eigenvalue weighted by molar-refractivity contribution is -0.133. The number of nitrogens with one attached hydrogen (secondary N) is 1. The van der Waals surface area contributed by atoms with Crippen LogP contribution in [0.2, 0.25) is 0 Å². The second kappa shape index (κ2) is 8.54. The standard InChI is InChI=1S/C22H23NO4/c24-20-8-4-2-5-17(20)16-12-9-15(10-13-16)11-14-21(25)23-19-7-3-1-6-18(19)22(26)27/h2,4-5,8-10,12-13,24H,1,3,6-7,11,14H2,(H,23,25)(H,26,27). The van der Waals surface area contributed by atoms with Crippen LogP contribution in [-0.4, -0.2) is 22.1 Å². The molecule has 0 saturated carbocycles. The molecule has 140 valence electrons. The molecule has 3 N–H and O–H groups in total. The first-order valence-electron chi connectivity index (χ1n) is 9.17. The maximum atomic E-state index is 12.2. The van der Waals surface area contributed by atoms with Crippen LogP contribution in [-0.2, 0) is 16.0 Å². The zero-order chi connectivity index (χ0) is 19.2. The van der Waals surface area contributed by atoms with Crippen LogP contribution in [0.25, 0.3) is 11.1 Å². The number of phenols is 1. The quantitative estimate of drug-likeness (QED) is 0.722. The highest BCUT2D eigenvalue weighted by molar-refractivity contribution is 5.89. The Morgan fingerprint density at radius 2 is 1.67 bits per heavy atom. The Morgan fingerprint density at radius 3 is 2.37 bits per heavy atom. The number of carbonyl (C=O) groups excluding carboxylic acids is 1. The van der Waals surface area contributed by atoms with Crippen LogP contribution in [0.15, 0.2) is 59.8 Å². The Kier molecular flexibility index (Phi) is 5.91. The van der Waals surface area contributed by atoms with Crippen molar-refractivity contribution in [1.82, 2.24) is 5.32 Å². The van der Waals surface area contributed by atoms with E-state index in [0.717, 1.165) is 29.5 Å². The molecule has 0 bridgehead atoms. The summed E-state index contributed by atoms with van der Waals surface area (Å²) in [5.41, 5.74) is 3.60. The van der Waals surface area contributed by atoms with Crippen molar-refractivity contribution in [2.75, 3.05) is 0 Å². The molecular formula is C22H23NO4. The Bertz CT molecular complexity index is 868. The number of phenolic OH excluding ortho intramolecular Hbond substituents is 1. The number of hydrogen-bond acceptors (Lipinski definition) is 3. The third-order valence-electron chi connectivity index (χ3n) is 4.83. The van der Waals surface area contributed by atoms with E-state index in [1.807, 2.05) is 36.4 Å². The molecule has 0 saturated heterocycles. The van der Waals surface area contributed by atoms with Crippen molar-refractivity contribution < 1.29 is 19.8 Å². The van der Waals surface area contributed by atoms with Crippen LogP contribution in [0.5, 0.6) is 5.75 Å². The van der Waals surface area contributed by atoms with E-state index in [0.29, 0.717) is 37.0 Å². The smallest absolute Gasteiger partial charge is 0.333 e. The van der Waals surface area contributed by atoms with Crippen LogP contribution in [0, 0.1) is 0 Å². The summed E-state index contributed by atoms with van der Waals surface area (Å²) in [5.74, 6) is -0.861. The van der Waals surface area contributed by atoms with Gasteiger partial charge in [-0.1, -0.05) is 42.5 Å². The van der Waals surface area contributed by atoms with Gasteiger partial charge in [0.15, 0.2) is 0 Å². The maximum absolute atomic E-state index is 12.2. The number of rotatable bonds is 6. The van der Waals surface area contributed by atoms with Crippen LogP contribution in [0.4, 0.5) is 0 Å². The molecule has 2 aromatic carbocycles. The molecule has 2 aromatic rings. The van der Waals surface area contributed by atoms with Crippen LogP contribution in [0.3, 0.4) is 0 Å². The van der Waals surface area contributed by atoms with Crippen LogP contribution < -0.4 is 5.32 Å². The summed E-state index contributed by atoms with van der Waals surface area (Å²) in [5, 5.41) is 22.0. The summed E-state index contributed by atoms with van der Waals surface area (Å²) in [6.07, 6.45) is 3.75. The Hall–Kier alpha value is -3.08. The van der Waals surface area contributed by atoms with Gasteiger partial charge in [-0.3, -0.25) is 4.79 Å². The molecule has 0 heterocycles. The minimum Gasteiger partial charge on any atom is -0.507 e. The summed E-state index contributed by atoms with van der Waals surface area (Å²) >= 11 is 0. The van der Waals surface area contributed by atoms with Gasteiger partial charge in [0, 0.05) is 17.7 Å². The fourth-order valence-electron chi connectivity index (χ4n) is 3.34. The van der Waals surface area contributed by atoms with Gasteiger partial charge in [-0.15, -0.1) is 0 Å². The van der Waals surface area contributed by atoms with Gasteiger partial charge in [0.25, 0.3) is 0 Å². The molecule has 0 aromatic heterocycles. The molecule has 0 radical (unpaired) electrons. The minimum atomic E-state index is -0.940. The molecular weight excluding hydrogens is 342 g/mol. The summed E-state index contributed by atoms with van der Waals surface area (Å²) in [7, 11) is 0. The zero-order valence-electron chi connectivity index (χ0n) is 15.1. The average Bonchev–Trinajstić information content (AvgIpc) is 2.67.